The van der Waals surface area contributed by atoms with E-state index in [0.717, 1.165) is 23.4 Å². The number of amides is 1. The zero-order valence-corrected chi connectivity index (χ0v) is 14.6. The lowest BCUT2D eigenvalue weighted by molar-refractivity contribution is -0.125. The maximum atomic E-state index is 12.6. The first kappa shape index (κ1) is 16.1. The number of nitrogens with one attached hydrogen (secondary N) is 2. The topological polar surface area (TPSA) is 76.2 Å². The van der Waals surface area contributed by atoms with Gasteiger partial charge in [-0.25, -0.2) is 4.98 Å². The van der Waals surface area contributed by atoms with Crippen molar-refractivity contribution in [3.05, 3.63) is 53.2 Å². The molecule has 3 aromatic heterocycles. The molecular weight excluding hydrogens is 340 g/mol. The van der Waals surface area contributed by atoms with Crippen molar-refractivity contribution >= 4 is 23.2 Å². The second kappa shape index (κ2) is 6.50. The summed E-state index contributed by atoms with van der Waals surface area (Å²) in [6.45, 7) is 1.86. The highest BCUT2D eigenvalue weighted by atomic mass is 35.5. The number of halogens is 1. The number of fused-ring (bicyclic) bond motifs is 1. The Kier molecular flexibility index (Phi) is 4.19. The molecule has 1 aliphatic rings. The Balaban J connectivity index is 1.43. The van der Waals surface area contributed by atoms with Gasteiger partial charge < -0.3 is 15.0 Å². The highest BCUT2D eigenvalue weighted by Gasteiger charge is 2.34. The van der Waals surface area contributed by atoms with E-state index in [-0.39, 0.29) is 17.7 Å². The van der Waals surface area contributed by atoms with E-state index in [1.807, 2.05) is 36.1 Å². The van der Waals surface area contributed by atoms with Crippen LogP contribution in [-0.2, 0) is 18.4 Å². The van der Waals surface area contributed by atoms with Gasteiger partial charge in [-0.2, -0.15) is 5.10 Å². The number of rotatable bonds is 4. The van der Waals surface area contributed by atoms with Gasteiger partial charge in [-0.1, -0.05) is 11.6 Å². The van der Waals surface area contributed by atoms with Gasteiger partial charge in [0.1, 0.15) is 5.65 Å². The van der Waals surface area contributed by atoms with Crippen molar-refractivity contribution in [1.82, 2.24) is 29.8 Å². The van der Waals surface area contributed by atoms with E-state index in [1.165, 1.54) is 0 Å². The van der Waals surface area contributed by atoms with Crippen LogP contribution in [0.3, 0.4) is 0 Å². The number of hydrogen-bond donors (Lipinski definition) is 2. The van der Waals surface area contributed by atoms with Gasteiger partial charge in [0.15, 0.2) is 0 Å². The molecule has 0 spiro atoms. The first-order chi connectivity index (χ1) is 12.1. The lowest BCUT2D eigenvalue weighted by Gasteiger charge is -2.16. The zero-order valence-electron chi connectivity index (χ0n) is 13.8. The maximum absolute atomic E-state index is 12.6. The largest absolute Gasteiger partial charge is 0.350 e. The van der Waals surface area contributed by atoms with Crippen LogP contribution < -0.4 is 10.6 Å². The quantitative estimate of drug-likeness (QED) is 0.738. The fraction of sp³-hybridized carbons (Fsp3) is 0.353. The fourth-order valence-electron chi connectivity index (χ4n) is 3.35. The van der Waals surface area contributed by atoms with E-state index in [2.05, 4.69) is 20.7 Å². The summed E-state index contributed by atoms with van der Waals surface area (Å²) < 4.78 is 3.63. The molecule has 1 saturated heterocycles. The summed E-state index contributed by atoms with van der Waals surface area (Å²) in [5.41, 5.74) is 2.71. The number of aromatic nitrogens is 4. The highest BCUT2D eigenvalue weighted by molar-refractivity contribution is 6.30. The molecule has 0 bridgehead atoms. The Hall–Kier alpha value is -2.38. The first-order valence-electron chi connectivity index (χ1n) is 8.20. The summed E-state index contributed by atoms with van der Waals surface area (Å²) in [6, 6.07) is 3.65. The summed E-state index contributed by atoms with van der Waals surface area (Å²) in [6.07, 6.45) is 7.50. The zero-order chi connectivity index (χ0) is 17.4. The van der Waals surface area contributed by atoms with Gasteiger partial charge >= 0.3 is 0 Å². The molecule has 2 atom stereocenters. The van der Waals surface area contributed by atoms with Crippen molar-refractivity contribution in [2.45, 2.75) is 12.5 Å². The molecule has 7 nitrogen and oxygen atoms in total. The van der Waals surface area contributed by atoms with Crippen LogP contribution in [0.5, 0.6) is 0 Å². The third kappa shape index (κ3) is 3.25. The van der Waals surface area contributed by atoms with E-state index in [0.29, 0.717) is 18.1 Å². The monoisotopic (exact) mass is 358 g/mol. The minimum absolute atomic E-state index is 0.0361. The molecule has 2 N–H and O–H groups in total. The van der Waals surface area contributed by atoms with Gasteiger partial charge in [-0.05, 0) is 17.7 Å². The smallest absolute Gasteiger partial charge is 0.225 e. The summed E-state index contributed by atoms with van der Waals surface area (Å²) in [4.78, 5) is 17.1. The number of nitrogens with zero attached hydrogens (tertiary/aromatic N) is 4. The Morgan fingerprint density at radius 2 is 2.24 bits per heavy atom. The van der Waals surface area contributed by atoms with Crippen LogP contribution in [0.4, 0.5) is 0 Å². The fourth-order valence-corrected chi connectivity index (χ4v) is 3.52. The van der Waals surface area contributed by atoms with Crippen LogP contribution in [-0.4, -0.2) is 38.2 Å². The summed E-state index contributed by atoms with van der Waals surface area (Å²) >= 11 is 5.99. The Morgan fingerprint density at radius 3 is 3.04 bits per heavy atom. The molecule has 4 heterocycles. The van der Waals surface area contributed by atoms with Crippen LogP contribution in [0, 0.1) is 5.92 Å². The number of imidazole rings is 1. The van der Waals surface area contributed by atoms with Crippen molar-refractivity contribution in [2.24, 2.45) is 13.0 Å². The van der Waals surface area contributed by atoms with Gasteiger partial charge in [-0.15, -0.1) is 0 Å². The molecule has 1 amide bonds. The first-order valence-corrected chi connectivity index (χ1v) is 8.58. The van der Waals surface area contributed by atoms with Crippen LogP contribution in [0.2, 0.25) is 5.02 Å². The Bertz CT molecular complexity index is 917. The minimum atomic E-state index is -0.101. The van der Waals surface area contributed by atoms with Gasteiger partial charge in [0.25, 0.3) is 0 Å². The summed E-state index contributed by atoms with van der Waals surface area (Å²) in [5.74, 6) is 0.0817. The molecule has 0 aromatic carbocycles. The predicted molar refractivity (Wildman–Crippen MR) is 94.4 cm³/mol. The van der Waals surface area contributed by atoms with E-state index in [4.69, 9.17) is 11.6 Å². The Labute approximate surface area is 150 Å². The predicted octanol–water partition coefficient (Wildman–Crippen LogP) is 1.34. The van der Waals surface area contributed by atoms with Crippen molar-refractivity contribution in [3.63, 3.8) is 0 Å². The molecule has 3 aromatic rings. The van der Waals surface area contributed by atoms with Gasteiger partial charge in [0, 0.05) is 44.6 Å². The van der Waals surface area contributed by atoms with Crippen molar-refractivity contribution in [3.8, 4) is 0 Å². The molecule has 1 aliphatic heterocycles. The number of aryl methyl sites for hydroxylation is 1. The minimum Gasteiger partial charge on any atom is -0.350 e. The molecule has 8 heteroatoms. The van der Waals surface area contributed by atoms with Crippen molar-refractivity contribution < 1.29 is 4.79 Å². The molecule has 0 saturated carbocycles. The number of carbonyl (C=O) groups excluding carboxylic acids is 1. The molecule has 25 heavy (non-hydrogen) atoms. The van der Waals surface area contributed by atoms with Crippen LogP contribution >= 0.6 is 11.6 Å². The molecule has 0 radical (unpaired) electrons. The standard InChI is InChI=1S/C17H19ClN6O/c1-23-8-11(4-21-23)14-6-19-7-15(14)17(25)20-5-13-10-24-9-12(18)2-3-16(24)22-13/h2-4,8-10,14-15,19H,5-7H2,1H3,(H,20,25)/t14-,15+/m1/s1. The summed E-state index contributed by atoms with van der Waals surface area (Å²) in [7, 11) is 1.89. The van der Waals surface area contributed by atoms with Crippen LogP contribution in [0.25, 0.3) is 5.65 Å². The maximum Gasteiger partial charge on any atom is 0.225 e. The van der Waals surface area contributed by atoms with E-state index < -0.39 is 0 Å². The van der Waals surface area contributed by atoms with Crippen molar-refractivity contribution in [1.29, 1.82) is 0 Å². The van der Waals surface area contributed by atoms with Gasteiger partial charge in [0.2, 0.25) is 5.91 Å². The lowest BCUT2D eigenvalue weighted by Crippen LogP contribution is -2.34. The van der Waals surface area contributed by atoms with Crippen molar-refractivity contribution in [2.75, 3.05) is 13.1 Å². The number of hydrogen-bond acceptors (Lipinski definition) is 4. The normalized spacial score (nSPS) is 20.2. The number of pyridine rings is 1. The highest BCUT2D eigenvalue weighted by Crippen LogP contribution is 2.27. The lowest BCUT2D eigenvalue weighted by atomic mass is 9.90. The molecule has 0 aliphatic carbocycles. The van der Waals surface area contributed by atoms with E-state index in [9.17, 15) is 4.79 Å². The average molecular weight is 359 g/mol. The molecule has 0 unspecified atom stereocenters. The second-order valence-corrected chi connectivity index (χ2v) is 6.82. The molecular formula is C17H19ClN6O. The second-order valence-electron chi connectivity index (χ2n) is 6.38. The molecule has 130 valence electrons. The van der Waals surface area contributed by atoms with Gasteiger partial charge in [0.05, 0.1) is 29.4 Å². The average Bonchev–Trinajstić information content (AvgIpc) is 3.30. The number of carbonyl (C=O) groups is 1. The van der Waals surface area contributed by atoms with Gasteiger partial charge in [-0.3, -0.25) is 9.48 Å². The molecule has 1 fully saturated rings. The third-order valence-corrected chi connectivity index (χ3v) is 4.84. The molecule has 4 rings (SSSR count). The SMILES string of the molecule is Cn1cc([C@H]2CNC[C@@H]2C(=O)NCc2cn3cc(Cl)ccc3n2)cn1. The third-order valence-electron chi connectivity index (χ3n) is 4.61. The Morgan fingerprint density at radius 1 is 1.36 bits per heavy atom. The van der Waals surface area contributed by atoms with E-state index in [1.54, 1.807) is 16.9 Å². The summed E-state index contributed by atoms with van der Waals surface area (Å²) in [5, 5.41) is 11.2. The van der Waals surface area contributed by atoms with Crippen LogP contribution in [0.15, 0.2) is 36.9 Å². The van der Waals surface area contributed by atoms with Crippen LogP contribution in [0.1, 0.15) is 17.2 Å². The van der Waals surface area contributed by atoms with E-state index >= 15 is 0 Å².